The molecule has 0 aliphatic carbocycles. The molecule has 2 fully saturated rings. The van der Waals surface area contributed by atoms with Crippen LogP contribution >= 0.6 is 0 Å². The van der Waals surface area contributed by atoms with E-state index >= 15 is 0 Å². The van der Waals surface area contributed by atoms with Gasteiger partial charge in [-0.05, 0) is 44.7 Å². The Kier molecular flexibility index (Phi) is 4.97. The molecule has 1 atom stereocenters. The molecular weight excluding hydrogens is 340 g/mol. The summed E-state index contributed by atoms with van der Waals surface area (Å²) >= 11 is 0. The molecule has 1 N–H and O–H groups in total. The van der Waals surface area contributed by atoms with E-state index in [0.717, 1.165) is 43.3 Å². The van der Waals surface area contributed by atoms with Gasteiger partial charge in [-0.1, -0.05) is 12.1 Å². The number of para-hydroxylation sites is 1. The van der Waals surface area contributed by atoms with E-state index in [9.17, 15) is 9.90 Å². The molecular formula is C21H26N4O2. The molecule has 2 aliphatic rings. The molecule has 0 saturated carbocycles. The van der Waals surface area contributed by atoms with Crippen molar-refractivity contribution < 1.29 is 9.90 Å². The Hall–Kier alpha value is -2.63. The molecule has 2 aliphatic heterocycles. The van der Waals surface area contributed by atoms with Gasteiger partial charge in [-0.3, -0.25) is 4.79 Å². The van der Waals surface area contributed by atoms with Gasteiger partial charge < -0.3 is 14.9 Å². The van der Waals surface area contributed by atoms with Gasteiger partial charge in [0.05, 0.1) is 11.3 Å². The van der Waals surface area contributed by atoms with E-state index in [1.165, 1.54) is 12.8 Å². The number of benzene rings is 1. The number of aromatic nitrogens is 2. The zero-order valence-electron chi connectivity index (χ0n) is 15.8. The fraction of sp³-hybridized carbons (Fsp3) is 0.476. The molecule has 0 bridgehead atoms. The molecule has 2 saturated heterocycles. The quantitative estimate of drug-likeness (QED) is 0.904. The third kappa shape index (κ3) is 3.75. The van der Waals surface area contributed by atoms with Crippen LogP contribution in [0.2, 0.25) is 0 Å². The van der Waals surface area contributed by atoms with E-state index in [1.807, 2.05) is 11.8 Å². The number of hydrogen-bond acceptors (Lipinski definition) is 5. The van der Waals surface area contributed by atoms with Crippen molar-refractivity contribution in [2.45, 2.75) is 38.5 Å². The lowest BCUT2D eigenvalue weighted by Crippen LogP contribution is -2.39. The van der Waals surface area contributed by atoms with Crippen molar-refractivity contribution in [1.82, 2.24) is 14.9 Å². The molecule has 3 heterocycles. The van der Waals surface area contributed by atoms with Gasteiger partial charge in [-0.25, -0.2) is 9.97 Å². The smallest absolute Gasteiger partial charge is 0.257 e. The maximum atomic E-state index is 12.9. The number of amides is 1. The molecule has 6 heteroatoms. The minimum absolute atomic E-state index is 0.0406. The first-order valence-corrected chi connectivity index (χ1v) is 9.79. The lowest BCUT2D eigenvalue weighted by molar-refractivity contribution is 0.0703. The summed E-state index contributed by atoms with van der Waals surface area (Å²) in [6.07, 6.45) is 4.38. The summed E-state index contributed by atoms with van der Waals surface area (Å²) in [5, 5.41) is 10.0. The summed E-state index contributed by atoms with van der Waals surface area (Å²) in [6.45, 7) is 5.39. The van der Waals surface area contributed by atoms with Crippen LogP contribution in [-0.4, -0.2) is 52.1 Å². The van der Waals surface area contributed by atoms with Crippen molar-refractivity contribution in [3.63, 3.8) is 0 Å². The number of carbonyl (C=O) groups is 1. The normalized spacial score (nSPS) is 20.1. The van der Waals surface area contributed by atoms with E-state index in [4.69, 9.17) is 0 Å². The number of aryl methyl sites for hydroxylation is 1. The number of piperidine rings is 1. The maximum Gasteiger partial charge on any atom is 0.257 e. The monoisotopic (exact) mass is 366 g/mol. The minimum Gasteiger partial charge on any atom is -0.507 e. The Labute approximate surface area is 159 Å². The Morgan fingerprint density at radius 1 is 1.11 bits per heavy atom. The summed E-state index contributed by atoms with van der Waals surface area (Å²) in [7, 11) is 0. The third-order valence-electron chi connectivity index (χ3n) is 5.54. The summed E-state index contributed by atoms with van der Waals surface area (Å²) in [4.78, 5) is 26.3. The zero-order chi connectivity index (χ0) is 18.8. The molecule has 0 spiro atoms. The first-order valence-electron chi connectivity index (χ1n) is 9.79. The number of phenols is 1. The highest BCUT2D eigenvalue weighted by Crippen LogP contribution is 2.30. The lowest BCUT2D eigenvalue weighted by Gasteiger charge is -2.33. The van der Waals surface area contributed by atoms with Crippen molar-refractivity contribution in [1.29, 1.82) is 0 Å². The van der Waals surface area contributed by atoms with E-state index in [-0.39, 0.29) is 17.6 Å². The van der Waals surface area contributed by atoms with Crippen molar-refractivity contribution in [2.24, 2.45) is 0 Å². The Morgan fingerprint density at radius 2 is 1.89 bits per heavy atom. The average molecular weight is 366 g/mol. The number of carbonyl (C=O) groups excluding carboxylic acids is 1. The number of anilines is 1. The highest BCUT2D eigenvalue weighted by atomic mass is 16.3. The Morgan fingerprint density at radius 3 is 2.67 bits per heavy atom. The summed E-state index contributed by atoms with van der Waals surface area (Å²) < 4.78 is 0. The van der Waals surface area contributed by atoms with Crippen molar-refractivity contribution in [3.8, 4) is 5.75 Å². The lowest BCUT2D eigenvalue weighted by atomic mass is 9.93. The summed E-state index contributed by atoms with van der Waals surface area (Å²) in [5.74, 6) is 1.94. The number of phenolic OH excluding ortho intramolecular Hbond substituents is 1. The molecule has 4 rings (SSSR count). The molecule has 0 unspecified atom stereocenters. The highest BCUT2D eigenvalue weighted by Gasteiger charge is 2.28. The van der Waals surface area contributed by atoms with Crippen LogP contribution in [0.25, 0.3) is 0 Å². The van der Waals surface area contributed by atoms with Crippen LogP contribution in [0.5, 0.6) is 5.75 Å². The van der Waals surface area contributed by atoms with Gasteiger partial charge in [0.1, 0.15) is 17.4 Å². The molecule has 6 nitrogen and oxygen atoms in total. The second kappa shape index (κ2) is 7.55. The minimum atomic E-state index is -0.108. The summed E-state index contributed by atoms with van der Waals surface area (Å²) in [5.41, 5.74) is 1.40. The number of rotatable bonds is 3. The van der Waals surface area contributed by atoms with Crippen LogP contribution < -0.4 is 4.90 Å². The summed E-state index contributed by atoms with van der Waals surface area (Å²) in [6, 6.07) is 8.86. The van der Waals surface area contributed by atoms with Gasteiger partial charge in [-0.15, -0.1) is 0 Å². The standard InChI is InChI=1S/C21H26N4O2/c1-15-22-18(13-20(23-15)24-10-4-5-11-24)16-7-6-12-25(14-16)21(27)17-8-2-3-9-19(17)26/h2-3,8-9,13,16,26H,4-7,10-12,14H2,1H3/t16-/m1/s1. The van der Waals surface area contributed by atoms with E-state index < -0.39 is 0 Å². The van der Waals surface area contributed by atoms with Crippen LogP contribution in [0.15, 0.2) is 30.3 Å². The van der Waals surface area contributed by atoms with Crippen molar-refractivity contribution in [3.05, 3.63) is 47.4 Å². The van der Waals surface area contributed by atoms with Gasteiger partial charge in [0.25, 0.3) is 5.91 Å². The molecule has 1 aromatic carbocycles. The maximum absolute atomic E-state index is 12.9. The topological polar surface area (TPSA) is 69.6 Å². The molecule has 27 heavy (non-hydrogen) atoms. The van der Waals surface area contributed by atoms with Crippen LogP contribution in [0, 0.1) is 6.92 Å². The predicted octanol–water partition coefficient (Wildman–Crippen LogP) is 3.11. The third-order valence-corrected chi connectivity index (χ3v) is 5.54. The van der Waals surface area contributed by atoms with Gasteiger partial charge in [0, 0.05) is 38.2 Å². The predicted molar refractivity (Wildman–Crippen MR) is 104 cm³/mol. The van der Waals surface area contributed by atoms with Crippen LogP contribution in [0.4, 0.5) is 5.82 Å². The average Bonchev–Trinajstić information content (AvgIpc) is 3.22. The van der Waals surface area contributed by atoms with Crippen molar-refractivity contribution >= 4 is 11.7 Å². The van der Waals surface area contributed by atoms with Crippen LogP contribution in [0.1, 0.15) is 53.5 Å². The van der Waals surface area contributed by atoms with E-state index in [1.54, 1.807) is 24.3 Å². The van der Waals surface area contributed by atoms with Crippen LogP contribution in [-0.2, 0) is 0 Å². The largest absolute Gasteiger partial charge is 0.507 e. The molecule has 2 aromatic rings. The van der Waals surface area contributed by atoms with E-state index in [0.29, 0.717) is 18.7 Å². The first-order chi connectivity index (χ1) is 13.1. The van der Waals surface area contributed by atoms with E-state index in [2.05, 4.69) is 20.9 Å². The second-order valence-corrected chi connectivity index (χ2v) is 7.50. The second-order valence-electron chi connectivity index (χ2n) is 7.50. The Balaban J connectivity index is 1.54. The molecule has 1 amide bonds. The fourth-order valence-corrected chi connectivity index (χ4v) is 4.12. The van der Waals surface area contributed by atoms with Gasteiger partial charge >= 0.3 is 0 Å². The molecule has 0 radical (unpaired) electrons. The van der Waals surface area contributed by atoms with Crippen LogP contribution in [0.3, 0.4) is 0 Å². The van der Waals surface area contributed by atoms with Gasteiger partial charge in [-0.2, -0.15) is 0 Å². The number of likely N-dealkylation sites (tertiary alicyclic amines) is 1. The molecule has 1 aromatic heterocycles. The van der Waals surface area contributed by atoms with Gasteiger partial charge in [0.2, 0.25) is 0 Å². The number of nitrogens with zero attached hydrogens (tertiary/aromatic N) is 4. The SMILES string of the molecule is Cc1nc([C@@H]2CCCN(C(=O)c3ccccc3O)C2)cc(N2CCCC2)n1. The van der Waals surface area contributed by atoms with Crippen molar-refractivity contribution in [2.75, 3.05) is 31.1 Å². The number of aromatic hydroxyl groups is 1. The Bertz CT molecular complexity index is 833. The first kappa shape index (κ1) is 17.8. The zero-order valence-corrected chi connectivity index (χ0v) is 15.8. The number of hydrogen-bond donors (Lipinski definition) is 1. The fourth-order valence-electron chi connectivity index (χ4n) is 4.12. The molecule has 142 valence electrons. The van der Waals surface area contributed by atoms with Gasteiger partial charge in [0.15, 0.2) is 0 Å². The highest BCUT2D eigenvalue weighted by molar-refractivity contribution is 5.96.